The normalized spacial score (nSPS) is 28.2. The zero-order valence-corrected chi connectivity index (χ0v) is 21.8. The molecule has 2 fully saturated rings. The predicted molar refractivity (Wildman–Crippen MR) is 150 cm³/mol. The number of hydrogen-bond donors (Lipinski definition) is 0. The number of rotatable bonds is 6. The third-order valence-electron chi connectivity index (χ3n) is 9.12. The maximum Gasteiger partial charge on any atom is 0.100 e. The molecule has 0 radical (unpaired) electrons. The summed E-state index contributed by atoms with van der Waals surface area (Å²) in [5, 5.41) is 0. The van der Waals surface area contributed by atoms with Gasteiger partial charge in [0.25, 0.3) is 0 Å². The summed E-state index contributed by atoms with van der Waals surface area (Å²) in [6.45, 7) is 6.78. The average Bonchev–Trinajstić information content (AvgIpc) is 3.45. The SMILES string of the molecule is CC1=CC2=CC=C(c3ccc(C4=CN=C(C5CCC(C6CCC6)CC5)C4)c(CC(C)C)c3)C2N=C1. The van der Waals surface area contributed by atoms with Crippen molar-refractivity contribution in [3.63, 3.8) is 0 Å². The van der Waals surface area contributed by atoms with Gasteiger partial charge in [-0.2, -0.15) is 0 Å². The smallest absolute Gasteiger partial charge is 0.100 e. The molecule has 1 atom stereocenters. The molecule has 2 saturated carbocycles. The number of nitrogens with zero attached hydrogens (tertiary/aromatic N) is 2. The highest BCUT2D eigenvalue weighted by atomic mass is 14.8. The minimum Gasteiger partial charge on any atom is -0.280 e. The largest absolute Gasteiger partial charge is 0.280 e. The van der Waals surface area contributed by atoms with Crippen molar-refractivity contribution in [3.8, 4) is 0 Å². The molecule has 2 nitrogen and oxygen atoms in total. The van der Waals surface area contributed by atoms with Crippen molar-refractivity contribution in [3.05, 3.63) is 70.5 Å². The summed E-state index contributed by atoms with van der Waals surface area (Å²) < 4.78 is 0. The van der Waals surface area contributed by atoms with Gasteiger partial charge in [-0.3, -0.25) is 9.98 Å². The van der Waals surface area contributed by atoms with Crippen LogP contribution in [0.15, 0.2) is 63.8 Å². The molecule has 0 spiro atoms. The predicted octanol–water partition coefficient (Wildman–Crippen LogP) is 8.40. The molecule has 0 aromatic heterocycles. The first-order valence-corrected chi connectivity index (χ1v) is 14.1. The van der Waals surface area contributed by atoms with E-state index in [0.717, 1.165) is 24.7 Å². The maximum absolute atomic E-state index is 5.01. The highest BCUT2D eigenvalue weighted by Crippen LogP contribution is 2.44. The molecule has 3 aliphatic carbocycles. The van der Waals surface area contributed by atoms with Crippen LogP contribution in [0.2, 0.25) is 0 Å². The first kappa shape index (κ1) is 23.0. The van der Waals surface area contributed by atoms with Crippen molar-refractivity contribution in [1.29, 1.82) is 0 Å². The van der Waals surface area contributed by atoms with Crippen molar-refractivity contribution in [1.82, 2.24) is 0 Å². The Morgan fingerprint density at radius 3 is 2.51 bits per heavy atom. The second-order valence-electron chi connectivity index (χ2n) is 12.1. The Bertz CT molecular complexity index is 1170. The third-order valence-corrected chi connectivity index (χ3v) is 9.12. The van der Waals surface area contributed by atoms with Crippen molar-refractivity contribution >= 4 is 23.1 Å². The molecule has 0 N–H and O–H groups in total. The van der Waals surface area contributed by atoms with Gasteiger partial charge in [-0.05, 0) is 102 Å². The monoisotopic (exact) mass is 464 g/mol. The summed E-state index contributed by atoms with van der Waals surface area (Å²) in [5.41, 5.74) is 11.0. The highest BCUT2D eigenvalue weighted by Gasteiger charge is 2.33. The Balaban J connectivity index is 1.17. The van der Waals surface area contributed by atoms with E-state index >= 15 is 0 Å². The fraction of sp³-hybridized carbons (Fsp3) is 0.515. The van der Waals surface area contributed by atoms with Crippen molar-refractivity contribution in [2.24, 2.45) is 33.7 Å². The lowest BCUT2D eigenvalue weighted by molar-refractivity contribution is 0.152. The van der Waals surface area contributed by atoms with Gasteiger partial charge in [0.1, 0.15) is 6.04 Å². The van der Waals surface area contributed by atoms with Crippen molar-refractivity contribution in [2.45, 2.75) is 84.6 Å². The molecule has 0 saturated heterocycles. The van der Waals surface area contributed by atoms with Crippen LogP contribution in [-0.4, -0.2) is 18.0 Å². The first-order chi connectivity index (χ1) is 17.0. The van der Waals surface area contributed by atoms with Gasteiger partial charge in [-0.15, -0.1) is 0 Å². The van der Waals surface area contributed by atoms with Crippen molar-refractivity contribution in [2.75, 3.05) is 0 Å². The molecule has 182 valence electrons. The molecule has 1 aromatic rings. The van der Waals surface area contributed by atoms with Crippen molar-refractivity contribution < 1.29 is 0 Å². The zero-order chi connectivity index (χ0) is 23.9. The quantitative estimate of drug-likeness (QED) is 0.404. The molecule has 5 aliphatic rings. The molecule has 2 heteroatoms. The maximum atomic E-state index is 5.01. The Kier molecular flexibility index (Phi) is 6.25. The van der Waals surface area contributed by atoms with E-state index in [2.05, 4.69) is 63.4 Å². The number of benzene rings is 1. The van der Waals surface area contributed by atoms with Gasteiger partial charge in [0.15, 0.2) is 0 Å². The molecular formula is C33H40N2. The fourth-order valence-electron chi connectivity index (χ4n) is 6.98. The van der Waals surface area contributed by atoms with E-state index in [4.69, 9.17) is 9.98 Å². The summed E-state index contributed by atoms with van der Waals surface area (Å²) in [5.74, 6) is 3.39. The molecule has 2 heterocycles. The number of dihydropyridines is 1. The van der Waals surface area contributed by atoms with Crippen LogP contribution >= 0.6 is 0 Å². The van der Waals surface area contributed by atoms with Gasteiger partial charge in [0, 0.05) is 24.5 Å². The van der Waals surface area contributed by atoms with Gasteiger partial charge in [0.2, 0.25) is 0 Å². The van der Waals surface area contributed by atoms with Crippen LogP contribution in [0.5, 0.6) is 0 Å². The lowest BCUT2D eigenvalue weighted by Crippen LogP contribution is -2.28. The van der Waals surface area contributed by atoms with Gasteiger partial charge in [-0.25, -0.2) is 0 Å². The number of hydrogen-bond acceptors (Lipinski definition) is 2. The molecular weight excluding hydrogens is 424 g/mol. The molecule has 0 bridgehead atoms. The van der Waals surface area contributed by atoms with E-state index in [0.29, 0.717) is 11.8 Å². The Morgan fingerprint density at radius 1 is 0.971 bits per heavy atom. The van der Waals surface area contributed by atoms with Crippen LogP contribution in [0.4, 0.5) is 0 Å². The molecule has 0 amide bonds. The van der Waals surface area contributed by atoms with Gasteiger partial charge in [-0.1, -0.05) is 69.5 Å². The minimum absolute atomic E-state index is 0.159. The minimum atomic E-state index is 0.159. The highest BCUT2D eigenvalue weighted by molar-refractivity contribution is 6.00. The van der Waals surface area contributed by atoms with Gasteiger partial charge in [0.05, 0.1) is 0 Å². The summed E-state index contributed by atoms with van der Waals surface area (Å²) in [7, 11) is 0. The Morgan fingerprint density at radius 2 is 1.77 bits per heavy atom. The number of allylic oxidation sites excluding steroid dienone is 4. The van der Waals surface area contributed by atoms with Crippen LogP contribution < -0.4 is 0 Å². The van der Waals surface area contributed by atoms with E-state index in [9.17, 15) is 0 Å². The molecule has 6 rings (SSSR count). The molecule has 2 aliphatic heterocycles. The van der Waals surface area contributed by atoms with E-state index in [1.165, 1.54) is 89.6 Å². The third kappa shape index (κ3) is 4.57. The molecule has 35 heavy (non-hydrogen) atoms. The molecule has 1 unspecified atom stereocenters. The zero-order valence-electron chi connectivity index (χ0n) is 21.8. The summed E-state index contributed by atoms with van der Waals surface area (Å²) >= 11 is 0. The second kappa shape index (κ2) is 9.52. The summed E-state index contributed by atoms with van der Waals surface area (Å²) in [6.07, 6.45) is 23.2. The van der Waals surface area contributed by atoms with E-state index in [-0.39, 0.29) is 6.04 Å². The number of fused-ring (bicyclic) bond motifs is 1. The Labute approximate surface area is 211 Å². The second-order valence-corrected chi connectivity index (χ2v) is 12.1. The Hall–Kier alpha value is -2.48. The van der Waals surface area contributed by atoms with Gasteiger partial charge >= 0.3 is 0 Å². The first-order valence-electron chi connectivity index (χ1n) is 14.1. The number of aliphatic imine (C=N–C) groups is 2. The van der Waals surface area contributed by atoms with Crippen LogP contribution in [0, 0.1) is 23.7 Å². The standard InChI is InChI=1S/C33H40N2/c1-21(2)15-28-17-26(31-14-12-27-16-22(3)19-35-33(27)31)11-13-30(28)29-18-32(34-20-29)25-9-7-24(8-10-25)23-5-4-6-23/h11-14,16-17,19-21,23-25,33H,4-10,15,18H2,1-3H3. The average molecular weight is 465 g/mol. The van der Waals surface area contributed by atoms with E-state index in [1.54, 1.807) is 0 Å². The van der Waals surface area contributed by atoms with Crippen LogP contribution in [0.3, 0.4) is 0 Å². The van der Waals surface area contributed by atoms with E-state index < -0.39 is 0 Å². The van der Waals surface area contributed by atoms with Crippen LogP contribution in [0.25, 0.3) is 11.1 Å². The lowest BCUT2D eigenvalue weighted by atomic mass is 9.67. The van der Waals surface area contributed by atoms with Gasteiger partial charge < -0.3 is 0 Å². The topological polar surface area (TPSA) is 24.7 Å². The van der Waals surface area contributed by atoms with Crippen LogP contribution in [0.1, 0.15) is 88.8 Å². The summed E-state index contributed by atoms with van der Waals surface area (Å²) in [4.78, 5) is 9.86. The molecule has 1 aromatic carbocycles. The van der Waals surface area contributed by atoms with Crippen LogP contribution in [-0.2, 0) is 6.42 Å². The summed E-state index contributed by atoms with van der Waals surface area (Å²) in [6, 6.07) is 7.30. The fourth-order valence-corrected chi connectivity index (χ4v) is 6.98. The van der Waals surface area contributed by atoms with E-state index in [1.807, 2.05) is 6.21 Å². The lowest BCUT2D eigenvalue weighted by Gasteiger charge is -2.38.